The summed E-state index contributed by atoms with van der Waals surface area (Å²) in [5.74, 6) is 6.46. The predicted molar refractivity (Wildman–Crippen MR) is 93.9 cm³/mol. The Kier molecular flexibility index (Phi) is 6.44. The van der Waals surface area contributed by atoms with Crippen molar-refractivity contribution < 1.29 is 0 Å². The summed E-state index contributed by atoms with van der Waals surface area (Å²) in [7, 11) is 0. The minimum atomic E-state index is 0.999. The van der Waals surface area contributed by atoms with Gasteiger partial charge in [-0.3, -0.25) is 0 Å². The Bertz CT molecular complexity index is 597. The van der Waals surface area contributed by atoms with E-state index in [-0.39, 0.29) is 0 Å². The van der Waals surface area contributed by atoms with Crippen LogP contribution in [0.2, 0.25) is 0 Å². The second-order valence-corrected chi connectivity index (χ2v) is 5.79. The summed E-state index contributed by atoms with van der Waals surface area (Å²) < 4.78 is 0. The first-order valence-corrected chi connectivity index (χ1v) is 8.08. The van der Waals surface area contributed by atoms with Crippen molar-refractivity contribution in [3.8, 4) is 11.8 Å². The van der Waals surface area contributed by atoms with Crippen LogP contribution in [0.1, 0.15) is 42.9 Å². The lowest BCUT2D eigenvalue weighted by Gasteiger charge is -2.03. The average Bonchev–Trinajstić information content (AvgIpc) is 2.52. The van der Waals surface area contributed by atoms with Crippen molar-refractivity contribution in [2.45, 2.75) is 43.9 Å². The van der Waals surface area contributed by atoms with E-state index in [2.05, 4.69) is 67.8 Å². The largest absolute Gasteiger partial charge is 0.143 e. The van der Waals surface area contributed by atoms with Gasteiger partial charge >= 0.3 is 0 Å². The van der Waals surface area contributed by atoms with E-state index in [1.54, 1.807) is 0 Å². The van der Waals surface area contributed by atoms with Crippen LogP contribution < -0.4 is 0 Å². The molecule has 21 heavy (non-hydrogen) atoms. The molecule has 0 radical (unpaired) electrons. The zero-order valence-electron chi connectivity index (χ0n) is 12.6. The van der Waals surface area contributed by atoms with Crippen LogP contribution in [-0.4, -0.2) is 0 Å². The Balaban J connectivity index is 1.87. The SMILES string of the molecule is CCCCC#Cc1ccc(CCc2ccc(S)cc2)cc1. The second-order valence-electron chi connectivity index (χ2n) is 5.27. The van der Waals surface area contributed by atoms with Crippen molar-refractivity contribution in [3.63, 3.8) is 0 Å². The molecule has 108 valence electrons. The van der Waals surface area contributed by atoms with Crippen molar-refractivity contribution in [2.24, 2.45) is 0 Å². The molecule has 2 aromatic carbocycles. The quantitative estimate of drug-likeness (QED) is 0.431. The molecule has 0 nitrogen and oxygen atoms in total. The summed E-state index contributed by atoms with van der Waals surface area (Å²) in [5, 5.41) is 0. The van der Waals surface area contributed by atoms with E-state index in [0.29, 0.717) is 0 Å². The topological polar surface area (TPSA) is 0 Å². The van der Waals surface area contributed by atoms with Gasteiger partial charge in [0.25, 0.3) is 0 Å². The lowest BCUT2D eigenvalue weighted by molar-refractivity contribution is 0.828. The molecule has 0 aliphatic carbocycles. The van der Waals surface area contributed by atoms with Gasteiger partial charge in [0.15, 0.2) is 0 Å². The number of thiol groups is 1. The van der Waals surface area contributed by atoms with Gasteiger partial charge in [0.05, 0.1) is 0 Å². The zero-order chi connectivity index (χ0) is 14.9. The van der Waals surface area contributed by atoms with Crippen LogP contribution in [0.4, 0.5) is 0 Å². The van der Waals surface area contributed by atoms with Gasteiger partial charge in [0, 0.05) is 16.9 Å². The van der Waals surface area contributed by atoms with Gasteiger partial charge in [-0.2, -0.15) is 0 Å². The fourth-order valence-electron chi connectivity index (χ4n) is 2.14. The predicted octanol–water partition coefficient (Wildman–Crippen LogP) is 5.30. The lowest BCUT2D eigenvalue weighted by atomic mass is 10.0. The molecular weight excluding hydrogens is 272 g/mol. The molecule has 0 fully saturated rings. The fraction of sp³-hybridized carbons (Fsp3) is 0.300. The van der Waals surface area contributed by atoms with Gasteiger partial charge < -0.3 is 0 Å². The van der Waals surface area contributed by atoms with Gasteiger partial charge in [-0.05, 0) is 54.7 Å². The van der Waals surface area contributed by atoms with E-state index in [1.165, 1.54) is 24.0 Å². The van der Waals surface area contributed by atoms with E-state index in [9.17, 15) is 0 Å². The summed E-state index contributed by atoms with van der Waals surface area (Å²) in [6.07, 6.45) is 5.53. The maximum atomic E-state index is 4.31. The van der Waals surface area contributed by atoms with Crippen LogP contribution in [0.15, 0.2) is 53.4 Å². The normalized spacial score (nSPS) is 10.0. The van der Waals surface area contributed by atoms with Crippen LogP contribution in [0.5, 0.6) is 0 Å². The molecule has 0 saturated heterocycles. The molecule has 0 heterocycles. The number of hydrogen-bond acceptors (Lipinski definition) is 1. The van der Waals surface area contributed by atoms with Crippen molar-refractivity contribution in [2.75, 3.05) is 0 Å². The summed E-state index contributed by atoms with van der Waals surface area (Å²) in [4.78, 5) is 1.02. The Morgan fingerprint density at radius 1 is 0.857 bits per heavy atom. The van der Waals surface area contributed by atoms with Crippen LogP contribution in [0.3, 0.4) is 0 Å². The Hall–Kier alpha value is -1.65. The smallest absolute Gasteiger partial charge is 0.0245 e. The maximum absolute atomic E-state index is 4.31. The second kappa shape index (κ2) is 8.60. The highest BCUT2D eigenvalue weighted by molar-refractivity contribution is 7.80. The van der Waals surface area contributed by atoms with Crippen LogP contribution in [0, 0.1) is 11.8 Å². The fourth-order valence-corrected chi connectivity index (χ4v) is 2.28. The number of aryl methyl sites for hydroxylation is 2. The van der Waals surface area contributed by atoms with Crippen LogP contribution in [0.25, 0.3) is 0 Å². The molecule has 2 rings (SSSR count). The van der Waals surface area contributed by atoms with Crippen molar-refractivity contribution in [3.05, 3.63) is 65.2 Å². The van der Waals surface area contributed by atoms with Gasteiger partial charge in [-0.15, -0.1) is 12.6 Å². The molecule has 0 N–H and O–H groups in total. The third kappa shape index (κ3) is 5.69. The van der Waals surface area contributed by atoms with Gasteiger partial charge in [-0.1, -0.05) is 49.5 Å². The molecule has 1 heteroatoms. The summed E-state index contributed by atoms with van der Waals surface area (Å²) >= 11 is 4.31. The van der Waals surface area contributed by atoms with Gasteiger partial charge in [-0.25, -0.2) is 0 Å². The molecule has 2 aromatic rings. The van der Waals surface area contributed by atoms with Crippen molar-refractivity contribution >= 4 is 12.6 Å². The van der Waals surface area contributed by atoms with Gasteiger partial charge in [0.2, 0.25) is 0 Å². The van der Waals surface area contributed by atoms with E-state index in [0.717, 1.165) is 29.7 Å². The molecule has 0 unspecified atom stereocenters. The molecule has 0 bridgehead atoms. The van der Waals surface area contributed by atoms with E-state index >= 15 is 0 Å². The summed E-state index contributed by atoms with van der Waals surface area (Å²) in [6.45, 7) is 2.19. The third-order valence-corrected chi connectivity index (χ3v) is 3.78. The number of hydrogen-bond donors (Lipinski definition) is 1. The molecule has 0 amide bonds. The molecule has 0 spiro atoms. The first kappa shape index (κ1) is 15.7. The zero-order valence-corrected chi connectivity index (χ0v) is 13.5. The minimum Gasteiger partial charge on any atom is -0.143 e. The van der Waals surface area contributed by atoms with Crippen LogP contribution >= 0.6 is 12.6 Å². The Labute approximate surface area is 134 Å². The molecular formula is C20H22S. The highest BCUT2D eigenvalue weighted by atomic mass is 32.1. The third-order valence-electron chi connectivity index (χ3n) is 3.48. The standard InChI is InChI=1S/C20H22S/c1-2-3-4-5-6-17-7-9-18(10-8-17)11-12-19-13-15-20(21)16-14-19/h7-10,13-16,21H,2-4,11-12H2,1H3. The van der Waals surface area contributed by atoms with Crippen molar-refractivity contribution in [1.29, 1.82) is 0 Å². The highest BCUT2D eigenvalue weighted by Gasteiger charge is 1.96. The first-order valence-electron chi connectivity index (χ1n) is 7.63. The van der Waals surface area contributed by atoms with E-state index in [4.69, 9.17) is 0 Å². The highest BCUT2D eigenvalue weighted by Crippen LogP contribution is 2.11. The molecule has 0 atom stereocenters. The van der Waals surface area contributed by atoms with Crippen molar-refractivity contribution in [1.82, 2.24) is 0 Å². The molecule has 0 aromatic heterocycles. The Morgan fingerprint density at radius 2 is 1.43 bits per heavy atom. The molecule has 0 aliphatic heterocycles. The number of benzene rings is 2. The molecule has 0 saturated carbocycles. The maximum Gasteiger partial charge on any atom is 0.0245 e. The van der Waals surface area contributed by atoms with E-state index < -0.39 is 0 Å². The van der Waals surface area contributed by atoms with Gasteiger partial charge in [0.1, 0.15) is 0 Å². The monoisotopic (exact) mass is 294 g/mol. The number of unbranched alkanes of at least 4 members (excludes halogenated alkanes) is 2. The summed E-state index contributed by atoms with van der Waals surface area (Å²) in [6, 6.07) is 17.0. The average molecular weight is 294 g/mol. The summed E-state index contributed by atoms with van der Waals surface area (Å²) in [5.41, 5.74) is 3.84. The Morgan fingerprint density at radius 3 is 2.00 bits per heavy atom. The lowest BCUT2D eigenvalue weighted by Crippen LogP contribution is -1.91. The number of rotatable bonds is 5. The van der Waals surface area contributed by atoms with Crippen LogP contribution in [-0.2, 0) is 12.8 Å². The minimum absolute atomic E-state index is 0.999. The first-order chi connectivity index (χ1) is 10.3. The molecule has 0 aliphatic rings. The van der Waals surface area contributed by atoms with E-state index in [1.807, 2.05) is 12.1 Å².